The average molecular weight is 284 g/mol. The molecular formula is C14H18F2N2O2. The second kappa shape index (κ2) is 5.75. The lowest BCUT2D eigenvalue weighted by Crippen LogP contribution is -2.35. The molecule has 0 radical (unpaired) electrons. The van der Waals surface area contributed by atoms with Gasteiger partial charge in [-0.2, -0.15) is 0 Å². The number of amides is 1. The molecule has 2 N–H and O–H groups in total. The van der Waals surface area contributed by atoms with Gasteiger partial charge in [0.15, 0.2) is 0 Å². The molecule has 1 fully saturated rings. The molecule has 4 nitrogen and oxygen atoms in total. The van der Waals surface area contributed by atoms with Crippen molar-refractivity contribution >= 4 is 11.6 Å². The van der Waals surface area contributed by atoms with Crippen molar-refractivity contribution in [3.63, 3.8) is 0 Å². The first-order valence-corrected chi connectivity index (χ1v) is 6.57. The van der Waals surface area contributed by atoms with Crippen LogP contribution in [-0.2, 0) is 4.79 Å². The number of ether oxygens (including phenoxy) is 1. The van der Waals surface area contributed by atoms with Gasteiger partial charge in [0.1, 0.15) is 5.75 Å². The van der Waals surface area contributed by atoms with Gasteiger partial charge in [0.25, 0.3) is 5.92 Å². The zero-order valence-electron chi connectivity index (χ0n) is 11.5. The molecule has 1 aliphatic rings. The van der Waals surface area contributed by atoms with Crippen LogP contribution in [-0.4, -0.2) is 31.0 Å². The van der Waals surface area contributed by atoms with Crippen LogP contribution in [0, 0.1) is 6.92 Å². The van der Waals surface area contributed by atoms with Crippen molar-refractivity contribution in [3.8, 4) is 5.75 Å². The Labute approximate surface area is 116 Å². The predicted octanol–water partition coefficient (Wildman–Crippen LogP) is 2.33. The van der Waals surface area contributed by atoms with Gasteiger partial charge in [0.05, 0.1) is 19.2 Å². The normalized spacial score (nSPS) is 20.7. The van der Waals surface area contributed by atoms with Crippen molar-refractivity contribution < 1.29 is 18.3 Å². The van der Waals surface area contributed by atoms with Gasteiger partial charge in [0.2, 0.25) is 5.91 Å². The number of carbonyl (C=O) groups excluding carboxylic acids is 1. The molecule has 1 unspecified atom stereocenters. The van der Waals surface area contributed by atoms with Gasteiger partial charge in [-0.1, -0.05) is 0 Å². The fourth-order valence-corrected chi connectivity index (χ4v) is 2.15. The molecule has 1 heterocycles. The van der Waals surface area contributed by atoms with Gasteiger partial charge in [0, 0.05) is 12.1 Å². The molecular weight excluding hydrogens is 266 g/mol. The van der Waals surface area contributed by atoms with E-state index in [1.165, 1.54) is 0 Å². The highest BCUT2D eigenvalue weighted by molar-refractivity contribution is 5.95. The third-order valence-corrected chi connectivity index (χ3v) is 3.19. The van der Waals surface area contributed by atoms with Crippen LogP contribution in [0.5, 0.6) is 5.75 Å². The number of benzene rings is 1. The molecule has 1 atom stereocenters. The summed E-state index contributed by atoms with van der Waals surface area (Å²) in [5.74, 6) is -2.53. The topological polar surface area (TPSA) is 50.4 Å². The van der Waals surface area contributed by atoms with Crippen LogP contribution in [0.15, 0.2) is 18.2 Å². The van der Waals surface area contributed by atoms with E-state index in [2.05, 4.69) is 10.6 Å². The van der Waals surface area contributed by atoms with E-state index in [-0.39, 0.29) is 0 Å². The van der Waals surface area contributed by atoms with Crippen LogP contribution < -0.4 is 15.4 Å². The van der Waals surface area contributed by atoms with Crippen LogP contribution in [0.1, 0.15) is 18.9 Å². The summed E-state index contributed by atoms with van der Waals surface area (Å²) in [5.41, 5.74) is 1.43. The lowest BCUT2D eigenvalue weighted by Gasteiger charge is -2.14. The molecule has 0 spiro atoms. The largest absolute Gasteiger partial charge is 0.494 e. The number of alkyl halides is 2. The summed E-state index contributed by atoms with van der Waals surface area (Å²) in [6.07, 6.45) is -0.463. The number of nitrogens with one attached hydrogen (secondary N) is 2. The molecule has 6 heteroatoms. The van der Waals surface area contributed by atoms with Gasteiger partial charge in [-0.05, 0) is 37.6 Å². The van der Waals surface area contributed by atoms with Crippen molar-refractivity contribution in [2.75, 3.05) is 18.5 Å². The summed E-state index contributed by atoms with van der Waals surface area (Å²) in [6.45, 7) is 3.82. The van der Waals surface area contributed by atoms with Gasteiger partial charge >= 0.3 is 0 Å². The lowest BCUT2D eigenvalue weighted by atomic mass is 10.1. The molecule has 1 aliphatic heterocycles. The maximum absolute atomic E-state index is 13.1. The summed E-state index contributed by atoms with van der Waals surface area (Å²) >= 11 is 0. The zero-order valence-corrected chi connectivity index (χ0v) is 11.5. The second-order valence-corrected chi connectivity index (χ2v) is 4.89. The Morgan fingerprint density at radius 3 is 2.85 bits per heavy atom. The Morgan fingerprint density at radius 1 is 1.55 bits per heavy atom. The number of rotatable bonds is 4. The molecule has 0 saturated carbocycles. The van der Waals surface area contributed by atoms with Gasteiger partial charge in [-0.15, -0.1) is 0 Å². The summed E-state index contributed by atoms with van der Waals surface area (Å²) in [6, 6.07) is 4.40. The van der Waals surface area contributed by atoms with E-state index in [1.807, 2.05) is 13.8 Å². The zero-order chi connectivity index (χ0) is 14.8. The Kier molecular flexibility index (Phi) is 4.23. The maximum atomic E-state index is 13.1. The molecule has 0 bridgehead atoms. The van der Waals surface area contributed by atoms with Gasteiger partial charge in [-0.25, -0.2) is 8.78 Å². The van der Waals surface area contributed by atoms with E-state index in [0.29, 0.717) is 18.0 Å². The highest BCUT2D eigenvalue weighted by Gasteiger charge is 2.42. The average Bonchev–Trinajstić information content (AvgIpc) is 2.73. The van der Waals surface area contributed by atoms with E-state index < -0.39 is 30.8 Å². The standard InChI is InChI=1S/C14H18F2N2O2/c1-3-20-10-4-5-11(9(2)6-10)18-13(19)12-7-14(15,16)8-17-12/h4-6,12,17H,3,7-8H2,1-2H3,(H,18,19). The minimum absolute atomic E-state index is 0.436. The summed E-state index contributed by atoms with van der Waals surface area (Å²) in [7, 11) is 0. The highest BCUT2D eigenvalue weighted by atomic mass is 19.3. The van der Waals surface area contributed by atoms with E-state index in [1.54, 1.807) is 18.2 Å². The number of hydrogen-bond donors (Lipinski definition) is 2. The summed E-state index contributed by atoms with van der Waals surface area (Å²) in [5, 5.41) is 5.20. The highest BCUT2D eigenvalue weighted by Crippen LogP contribution is 2.27. The van der Waals surface area contributed by atoms with Crippen LogP contribution in [0.25, 0.3) is 0 Å². The number of aryl methyl sites for hydroxylation is 1. The minimum Gasteiger partial charge on any atom is -0.494 e. The fraction of sp³-hybridized carbons (Fsp3) is 0.500. The quantitative estimate of drug-likeness (QED) is 0.892. The molecule has 0 aliphatic carbocycles. The van der Waals surface area contributed by atoms with Crippen LogP contribution >= 0.6 is 0 Å². The molecule has 110 valence electrons. The number of anilines is 1. The summed E-state index contributed by atoms with van der Waals surface area (Å²) < 4.78 is 31.5. The molecule has 1 aromatic rings. The first-order chi connectivity index (χ1) is 9.41. The van der Waals surface area contributed by atoms with Crippen molar-refractivity contribution in [1.82, 2.24) is 5.32 Å². The van der Waals surface area contributed by atoms with Crippen LogP contribution in [0.4, 0.5) is 14.5 Å². The van der Waals surface area contributed by atoms with E-state index in [0.717, 1.165) is 5.56 Å². The van der Waals surface area contributed by atoms with Crippen LogP contribution in [0.2, 0.25) is 0 Å². The number of hydrogen-bond acceptors (Lipinski definition) is 3. The van der Waals surface area contributed by atoms with Crippen molar-refractivity contribution in [2.24, 2.45) is 0 Å². The Balaban J connectivity index is 2.01. The Morgan fingerprint density at radius 2 is 2.30 bits per heavy atom. The molecule has 2 rings (SSSR count). The second-order valence-electron chi connectivity index (χ2n) is 4.89. The van der Waals surface area contributed by atoms with Crippen LogP contribution in [0.3, 0.4) is 0 Å². The number of carbonyl (C=O) groups is 1. The maximum Gasteiger partial charge on any atom is 0.262 e. The van der Waals surface area contributed by atoms with Crippen molar-refractivity contribution in [3.05, 3.63) is 23.8 Å². The van der Waals surface area contributed by atoms with E-state index in [4.69, 9.17) is 4.74 Å². The minimum atomic E-state index is -2.81. The molecule has 1 amide bonds. The smallest absolute Gasteiger partial charge is 0.262 e. The predicted molar refractivity (Wildman–Crippen MR) is 72.3 cm³/mol. The van der Waals surface area contributed by atoms with E-state index in [9.17, 15) is 13.6 Å². The fourth-order valence-electron chi connectivity index (χ4n) is 2.15. The van der Waals surface area contributed by atoms with E-state index >= 15 is 0 Å². The van der Waals surface area contributed by atoms with Gasteiger partial charge < -0.3 is 10.1 Å². The third kappa shape index (κ3) is 3.45. The molecule has 1 saturated heterocycles. The SMILES string of the molecule is CCOc1ccc(NC(=O)C2CC(F)(F)CN2)c(C)c1. The van der Waals surface area contributed by atoms with Gasteiger partial charge in [-0.3, -0.25) is 10.1 Å². The first-order valence-electron chi connectivity index (χ1n) is 6.57. The number of halogens is 2. The molecule has 0 aromatic heterocycles. The monoisotopic (exact) mass is 284 g/mol. The third-order valence-electron chi connectivity index (χ3n) is 3.19. The Bertz CT molecular complexity index is 506. The summed E-state index contributed by atoms with van der Waals surface area (Å²) in [4.78, 5) is 11.9. The molecule has 20 heavy (non-hydrogen) atoms. The lowest BCUT2D eigenvalue weighted by molar-refractivity contribution is -0.118. The van der Waals surface area contributed by atoms with Crippen molar-refractivity contribution in [2.45, 2.75) is 32.2 Å². The Hall–Kier alpha value is -1.69. The van der Waals surface area contributed by atoms with Crippen molar-refractivity contribution in [1.29, 1.82) is 0 Å². The molecule has 1 aromatic carbocycles. The first kappa shape index (κ1) is 14.7.